The molecule has 1 amide bonds. The summed E-state index contributed by atoms with van der Waals surface area (Å²) in [4.78, 5) is 11.5. The second-order valence-corrected chi connectivity index (χ2v) is 3.15. The van der Waals surface area contributed by atoms with Gasteiger partial charge in [0.25, 0.3) is 0 Å². The molecular formula is C8H9F3N2O2. The van der Waals surface area contributed by atoms with E-state index >= 15 is 0 Å². The number of amides is 1. The van der Waals surface area contributed by atoms with Gasteiger partial charge >= 0.3 is 12.1 Å². The molecule has 0 aromatic heterocycles. The summed E-state index contributed by atoms with van der Waals surface area (Å²) in [6.45, 7) is -0.260. The van der Waals surface area contributed by atoms with Gasteiger partial charge in [-0.3, -0.25) is 4.79 Å². The Hall–Kier alpha value is -1.29. The third-order valence-electron chi connectivity index (χ3n) is 1.98. The number of nitriles is 1. The lowest BCUT2D eigenvalue weighted by atomic mass is 10.2. The summed E-state index contributed by atoms with van der Waals surface area (Å²) in [5.41, 5.74) is 0. The van der Waals surface area contributed by atoms with E-state index in [9.17, 15) is 18.0 Å². The Morgan fingerprint density at radius 2 is 2.20 bits per heavy atom. The largest absolute Gasteiger partial charge is 0.471 e. The lowest BCUT2D eigenvalue weighted by molar-refractivity contribution is -0.185. The molecule has 0 bridgehead atoms. The highest BCUT2D eigenvalue weighted by Crippen LogP contribution is 2.20. The van der Waals surface area contributed by atoms with Crippen molar-refractivity contribution in [3.63, 3.8) is 0 Å². The van der Waals surface area contributed by atoms with Crippen LogP contribution in [0.3, 0.4) is 0 Å². The Morgan fingerprint density at radius 3 is 2.73 bits per heavy atom. The van der Waals surface area contributed by atoms with E-state index in [2.05, 4.69) is 0 Å². The molecule has 1 heterocycles. The van der Waals surface area contributed by atoms with Crippen molar-refractivity contribution in [3.8, 4) is 6.07 Å². The molecule has 1 rings (SSSR count). The molecule has 15 heavy (non-hydrogen) atoms. The quantitative estimate of drug-likeness (QED) is 0.601. The number of alkyl halides is 3. The molecule has 1 saturated heterocycles. The van der Waals surface area contributed by atoms with Gasteiger partial charge in [-0.05, 0) is 0 Å². The van der Waals surface area contributed by atoms with E-state index < -0.39 is 18.0 Å². The van der Waals surface area contributed by atoms with Crippen molar-refractivity contribution in [2.45, 2.75) is 6.18 Å². The molecular weight excluding hydrogens is 213 g/mol. The second-order valence-electron chi connectivity index (χ2n) is 3.15. The van der Waals surface area contributed by atoms with Crippen LogP contribution in [0.4, 0.5) is 13.2 Å². The number of hydrogen-bond donors (Lipinski definition) is 0. The predicted octanol–water partition coefficient (Wildman–Crippen LogP) is 0.547. The molecule has 0 aromatic carbocycles. The highest BCUT2D eigenvalue weighted by atomic mass is 19.4. The highest BCUT2D eigenvalue weighted by Gasteiger charge is 2.43. The van der Waals surface area contributed by atoms with E-state index in [-0.39, 0.29) is 26.3 Å². The first kappa shape index (κ1) is 11.8. The summed E-state index contributed by atoms with van der Waals surface area (Å²) in [5.74, 6) is -2.60. The van der Waals surface area contributed by atoms with Gasteiger partial charge < -0.3 is 9.64 Å². The van der Waals surface area contributed by atoms with E-state index in [4.69, 9.17) is 10.00 Å². The number of halogens is 3. The van der Waals surface area contributed by atoms with Gasteiger partial charge in [0.05, 0.1) is 25.2 Å². The number of ether oxygens (including phenoxy) is 1. The van der Waals surface area contributed by atoms with Gasteiger partial charge in [-0.25, -0.2) is 0 Å². The van der Waals surface area contributed by atoms with E-state index in [0.29, 0.717) is 4.90 Å². The number of carbonyl (C=O) groups excluding carboxylic acids is 1. The predicted molar refractivity (Wildman–Crippen MR) is 42.6 cm³/mol. The minimum absolute atomic E-state index is 0.0278. The molecule has 1 atom stereocenters. The van der Waals surface area contributed by atoms with Crippen LogP contribution in [0.5, 0.6) is 0 Å². The fraction of sp³-hybridized carbons (Fsp3) is 0.750. The highest BCUT2D eigenvalue weighted by molar-refractivity contribution is 5.81. The summed E-state index contributed by atoms with van der Waals surface area (Å²) in [6, 6.07) is 1.79. The van der Waals surface area contributed by atoms with Gasteiger partial charge in [-0.1, -0.05) is 0 Å². The van der Waals surface area contributed by atoms with Crippen LogP contribution in [0.15, 0.2) is 0 Å². The van der Waals surface area contributed by atoms with Crippen LogP contribution >= 0.6 is 0 Å². The molecule has 0 saturated carbocycles. The average molecular weight is 222 g/mol. The van der Waals surface area contributed by atoms with Gasteiger partial charge in [0, 0.05) is 13.1 Å². The van der Waals surface area contributed by atoms with E-state index in [0.717, 1.165) is 0 Å². The van der Waals surface area contributed by atoms with Crippen LogP contribution in [0.2, 0.25) is 0 Å². The lowest BCUT2D eigenvalue weighted by Gasteiger charge is -2.21. The SMILES string of the molecule is N#CC1COCCN(C(=O)C(F)(F)F)C1. The molecule has 1 unspecified atom stereocenters. The smallest absolute Gasteiger partial charge is 0.378 e. The van der Waals surface area contributed by atoms with Crippen LogP contribution in [0, 0.1) is 17.2 Å². The van der Waals surface area contributed by atoms with Crippen molar-refractivity contribution in [1.29, 1.82) is 5.26 Å². The Labute approximate surface area is 84.2 Å². The molecule has 1 aliphatic heterocycles. The minimum atomic E-state index is -4.88. The Balaban J connectivity index is 2.69. The number of carbonyl (C=O) groups is 1. The monoisotopic (exact) mass is 222 g/mol. The summed E-state index contributed by atoms with van der Waals surface area (Å²) in [7, 11) is 0. The molecule has 0 aromatic rings. The summed E-state index contributed by atoms with van der Waals surface area (Å²) in [5, 5.41) is 8.57. The van der Waals surface area contributed by atoms with Crippen LogP contribution in [-0.2, 0) is 9.53 Å². The van der Waals surface area contributed by atoms with Crippen LogP contribution < -0.4 is 0 Å². The Kier molecular flexibility index (Phi) is 3.52. The van der Waals surface area contributed by atoms with E-state index in [1.807, 2.05) is 0 Å². The first-order valence-electron chi connectivity index (χ1n) is 4.28. The number of hydrogen-bond acceptors (Lipinski definition) is 3. The van der Waals surface area contributed by atoms with Crippen molar-refractivity contribution < 1.29 is 22.7 Å². The Bertz CT molecular complexity index is 285. The van der Waals surface area contributed by atoms with Crippen LogP contribution in [-0.4, -0.2) is 43.3 Å². The minimum Gasteiger partial charge on any atom is -0.378 e. The zero-order valence-corrected chi connectivity index (χ0v) is 7.75. The molecule has 1 fully saturated rings. The second kappa shape index (κ2) is 4.49. The molecule has 1 aliphatic rings. The topological polar surface area (TPSA) is 53.3 Å². The van der Waals surface area contributed by atoms with Gasteiger partial charge in [-0.15, -0.1) is 0 Å². The molecule has 4 nitrogen and oxygen atoms in total. The summed E-state index contributed by atoms with van der Waals surface area (Å²) in [6.07, 6.45) is -4.88. The molecule has 0 aliphatic carbocycles. The molecule has 84 valence electrons. The lowest BCUT2D eigenvalue weighted by Crippen LogP contribution is -2.43. The first-order valence-corrected chi connectivity index (χ1v) is 4.28. The molecule has 0 radical (unpaired) electrons. The van der Waals surface area contributed by atoms with Gasteiger partial charge in [0.1, 0.15) is 0 Å². The van der Waals surface area contributed by atoms with Crippen LogP contribution in [0.1, 0.15) is 0 Å². The van der Waals surface area contributed by atoms with Crippen molar-refractivity contribution in [3.05, 3.63) is 0 Å². The van der Waals surface area contributed by atoms with Crippen LogP contribution in [0.25, 0.3) is 0 Å². The maximum absolute atomic E-state index is 12.1. The van der Waals surface area contributed by atoms with Gasteiger partial charge in [0.2, 0.25) is 0 Å². The Morgan fingerprint density at radius 1 is 1.53 bits per heavy atom. The van der Waals surface area contributed by atoms with Crippen molar-refractivity contribution in [1.82, 2.24) is 4.90 Å². The zero-order valence-electron chi connectivity index (χ0n) is 7.75. The van der Waals surface area contributed by atoms with Gasteiger partial charge in [0.15, 0.2) is 0 Å². The fourth-order valence-corrected chi connectivity index (χ4v) is 1.25. The van der Waals surface area contributed by atoms with Crippen molar-refractivity contribution in [2.75, 3.05) is 26.3 Å². The van der Waals surface area contributed by atoms with Crippen molar-refractivity contribution >= 4 is 5.91 Å². The third kappa shape index (κ3) is 3.09. The maximum Gasteiger partial charge on any atom is 0.471 e. The standard InChI is InChI=1S/C8H9F3N2O2/c9-8(10,11)7(14)13-1-2-15-5-6(3-12)4-13/h6H,1-2,4-5H2. The summed E-state index contributed by atoms with van der Waals surface area (Å²) < 4.78 is 41.2. The third-order valence-corrected chi connectivity index (χ3v) is 1.98. The van der Waals surface area contributed by atoms with Gasteiger partial charge in [-0.2, -0.15) is 18.4 Å². The normalized spacial score (nSPS) is 23.1. The fourth-order valence-electron chi connectivity index (χ4n) is 1.25. The van der Waals surface area contributed by atoms with Crippen molar-refractivity contribution in [2.24, 2.45) is 5.92 Å². The molecule has 0 N–H and O–H groups in total. The zero-order chi connectivity index (χ0) is 11.5. The molecule has 7 heteroatoms. The maximum atomic E-state index is 12.1. The van der Waals surface area contributed by atoms with E-state index in [1.54, 1.807) is 6.07 Å². The number of rotatable bonds is 0. The molecule has 0 spiro atoms. The number of nitrogens with zero attached hydrogens (tertiary/aromatic N) is 2. The first-order chi connectivity index (χ1) is 6.95. The average Bonchev–Trinajstić information content (AvgIpc) is 2.39. The van der Waals surface area contributed by atoms with E-state index in [1.165, 1.54) is 0 Å². The summed E-state index contributed by atoms with van der Waals surface area (Å²) >= 11 is 0.